The van der Waals surface area contributed by atoms with Crippen LogP contribution in [0.25, 0.3) is 0 Å². The molecule has 0 unspecified atom stereocenters. The fourth-order valence-corrected chi connectivity index (χ4v) is 2.33. The van der Waals surface area contributed by atoms with Crippen LogP contribution in [0.2, 0.25) is 0 Å². The van der Waals surface area contributed by atoms with Gasteiger partial charge in [-0.15, -0.1) is 0 Å². The fraction of sp³-hybridized carbons (Fsp3) is 0.611. The van der Waals surface area contributed by atoms with E-state index in [-0.39, 0.29) is 16.6 Å². The minimum Gasteiger partial charge on any atom is -0.294 e. The molecule has 0 aromatic rings. The van der Waals surface area contributed by atoms with Crippen LogP contribution in [0.15, 0.2) is 36.5 Å². The smallest absolute Gasteiger partial charge is 0.168 e. The van der Waals surface area contributed by atoms with E-state index in [2.05, 4.69) is 34.3 Å². The number of allylic oxidation sites excluding steroid dienone is 5. The summed E-state index contributed by atoms with van der Waals surface area (Å²) in [4.78, 5) is 12.7. The van der Waals surface area contributed by atoms with Crippen LogP contribution in [0.4, 0.5) is 0 Å². The summed E-state index contributed by atoms with van der Waals surface area (Å²) in [5.74, 6) is 0.743. The van der Waals surface area contributed by atoms with E-state index in [0.29, 0.717) is 5.92 Å². The van der Waals surface area contributed by atoms with Gasteiger partial charge in [-0.25, -0.2) is 0 Å². The largest absolute Gasteiger partial charge is 0.294 e. The molecule has 0 saturated heterocycles. The molecule has 0 atom stereocenters. The highest BCUT2D eigenvalue weighted by atomic mass is 16.1. The van der Waals surface area contributed by atoms with Crippen molar-refractivity contribution in [3.05, 3.63) is 36.5 Å². The summed E-state index contributed by atoms with van der Waals surface area (Å²) in [6.45, 7) is 18.6. The number of ketones is 1. The van der Waals surface area contributed by atoms with Gasteiger partial charge in [-0.05, 0) is 24.7 Å². The number of hydrogen-bond acceptors (Lipinski definition) is 1. The van der Waals surface area contributed by atoms with Crippen LogP contribution in [0.1, 0.15) is 54.9 Å². The Morgan fingerprint density at radius 2 is 1.74 bits per heavy atom. The first kappa shape index (κ1) is 17.9. The maximum atomic E-state index is 12.7. The summed E-state index contributed by atoms with van der Waals surface area (Å²) in [5, 5.41) is 0. The second-order valence-electron chi connectivity index (χ2n) is 6.89. The van der Waals surface area contributed by atoms with Crippen molar-refractivity contribution in [1.82, 2.24) is 0 Å². The highest BCUT2D eigenvalue weighted by molar-refractivity contribution is 6.02. The molecule has 0 amide bonds. The monoisotopic (exact) mass is 262 g/mol. The number of rotatable bonds is 7. The normalized spacial score (nSPS) is 14.2. The summed E-state index contributed by atoms with van der Waals surface area (Å²) in [7, 11) is 0. The molecule has 0 heterocycles. The summed E-state index contributed by atoms with van der Waals surface area (Å²) < 4.78 is 0. The third kappa shape index (κ3) is 5.18. The highest BCUT2D eigenvalue weighted by Gasteiger charge is 2.36. The molecule has 0 aromatic heterocycles. The molecule has 0 saturated carbocycles. The quantitative estimate of drug-likeness (QED) is 0.447. The average Bonchev–Trinajstić information content (AvgIpc) is 2.26. The molecule has 0 aliphatic heterocycles. The van der Waals surface area contributed by atoms with Gasteiger partial charge in [0.15, 0.2) is 5.78 Å². The van der Waals surface area contributed by atoms with Gasteiger partial charge in [-0.1, -0.05) is 72.4 Å². The van der Waals surface area contributed by atoms with Crippen LogP contribution in [0.5, 0.6) is 0 Å². The third-order valence-electron chi connectivity index (χ3n) is 3.98. The van der Waals surface area contributed by atoms with Crippen LogP contribution in [0, 0.1) is 16.7 Å². The van der Waals surface area contributed by atoms with E-state index in [9.17, 15) is 4.79 Å². The van der Waals surface area contributed by atoms with Crippen LogP contribution in [-0.2, 0) is 4.79 Å². The molecule has 19 heavy (non-hydrogen) atoms. The standard InChI is InChI=1S/C18H30O/c1-9-11-15(12-10-2)16(19)18(7,8)13-17(5,6)14(3)4/h9-12,14H,1,13H2,2-8H3/b12-10-,15-11+. The second-order valence-corrected chi connectivity index (χ2v) is 6.89. The van der Waals surface area contributed by atoms with Crippen molar-refractivity contribution in [2.75, 3.05) is 0 Å². The summed E-state index contributed by atoms with van der Waals surface area (Å²) in [6, 6.07) is 0. The lowest BCUT2D eigenvalue weighted by Gasteiger charge is -2.37. The molecule has 0 N–H and O–H groups in total. The van der Waals surface area contributed by atoms with Crippen LogP contribution < -0.4 is 0 Å². The van der Waals surface area contributed by atoms with E-state index >= 15 is 0 Å². The minimum atomic E-state index is -0.359. The van der Waals surface area contributed by atoms with Gasteiger partial charge in [0.05, 0.1) is 0 Å². The molecule has 0 aromatic carbocycles. The molecule has 0 radical (unpaired) electrons. The SMILES string of the molecule is C=C/C=C(\C=C/C)C(=O)C(C)(C)CC(C)(C)C(C)C. The van der Waals surface area contributed by atoms with Gasteiger partial charge in [-0.3, -0.25) is 4.79 Å². The van der Waals surface area contributed by atoms with Gasteiger partial charge in [0.25, 0.3) is 0 Å². The third-order valence-corrected chi connectivity index (χ3v) is 3.98. The molecule has 0 aliphatic carbocycles. The minimum absolute atomic E-state index is 0.147. The van der Waals surface area contributed by atoms with E-state index in [1.54, 1.807) is 12.2 Å². The van der Waals surface area contributed by atoms with Gasteiger partial charge in [0, 0.05) is 11.0 Å². The molecule has 1 nitrogen and oxygen atoms in total. The molecule has 1 heteroatoms. The van der Waals surface area contributed by atoms with Crippen molar-refractivity contribution in [2.45, 2.75) is 54.9 Å². The molecule has 0 spiro atoms. The Labute approximate surface area is 119 Å². The number of Topliss-reactive ketones (excluding diaryl/α,β-unsaturated/α-hetero) is 1. The Balaban J connectivity index is 5.25. The lowest BCUT2D eigenvalue weighted by molar-refractivity contribution is -0.124. The topological polar surface area (TPSA) is 17.1 Å². The molecule has 0 bridgehead atoms. The van der Waals surface area contributed by atoms with Crippen LogP contribution in [-0.4, -0.2) is 5.78 Å². The van der Waals surface area contributed by atoms with Gasteiger partial charge in [-0.2, -0.15) is 0 Å². The van der Waals surface area contributed by atoms with Crippen molar-refractivity contribution in [1.29, 1.82) is 0 Å². The van der Waals surface area contributed by atoms with Gasteiger partial charge in [0.2, 0.25) is 0 Å². The Morgan fingerprint density at radius 1 is 1.21 bits per heavy atom. The number of carbonyl (C=O) groups excluding carboxylic acids is 1. The molecule has 0 fully saturated rings. The van der Waals surface area contributed by atoms with Gasteiger partial charge < -0.3 is 0 Å². The highest BCUT2D eigenvalue weighted by Crippen LogP contribution is 2.40. The second kappa shape index (κ2) is 6.88. The molecular weight excluding hydrogens is 232 g/mol. The van der Waals surface area contributed by atoms with Crippen molar-refractivity contribution in [3.63, 3.8) is 0 Å². The maximum absolute atomic E-state index is 12.7. The predicted octanol–water partition coefficient (Wildman–Crippen LogP) is 5.34. The van der Waals surface area contributed by atoms with Crippen molar-refractivity contribution in [3.8, 4) is 0 Å². The summed E-state index contributed by atoms with van der Waals surface area (Å²) >= 11 is 0. The first-order valence-corrected chi connectivity index (χ1v) is 7.08. The lowest BCUT2D eigenvalue weighted by atomic mass is 9.67. The van der Waals surface area contributed by atoms with Crippen molar-refractivity contribution in [2.24, 2.45) is 16.7 Å². The van der Waals surface area contributed by atoms with E-state index < -0.39 is 0 Å². The Bertz CT molecular complexity index is 378. The zero-order valence-corrected chi connectivity index (χ0v) is 13.7. The van der Waals surface area contributed by atoms with Gasteiger partial charge >= 0.3 is 0 Å². The molecular formula is C18H30O. The molecule has 108 valence electrons. The van der Waals surface area contributed by atoms with Crippen molar-refractivity contribution >= 4 is 5.78 Å². The lowest BCUT2D eigenvalue weighted by Crippen LogP contribution is -2.34. The zero-order valence-electron chi connectivity index (χ0n) is 13.7. The average molecular weight is 262 g/mol. The zero-order chi connectivity index (χ0) is 15.3. The molecule has 0 rings (SSSR count). The first-order chi connectivity index (χ1) is 8.58. The fourth-order valence-electron chi connectivity index (χ4n) is 2.33. The van der Waals surface area contributed by atoms with Crippen molar-refractivity contribution < 1.29 is 4.79 Å². The van der Waals surface area contributed by atoms with Crippen LogP contribution in [0.3, 0.4) is 0 Å². The van der Waals surface area contributed by atoms with Crippen LogP contribution >= 0.6 is 0 Å². The predicted molar refractivity (Wildman–Crippen MR) is 85.1 cm³/mol. The van der Waals surface area contributed by atoms with E-state index in [4.69, 9.17) is 0 Å². The maximum Gasteiger partial charge on any atom is 0.168 e. The molecule has 0 aliphatic rings. The first-order valence-electron chi connectivity index (χ1n) is 7.08. The Morgan fingerprint density at radius 3 is 2.11 bits per heavy atom. The van der Waals surface area contributed by atoms with E-state index in [1.807, 2.05) is 32.9 Å². The Hall–Kier alpha value is -1.11. The summed E-state index contributed by atoms with van der Waals surface area (Å²) in [6.07, 6.45) is 8.12. The number of carbonyl (C=O) groups is 1. The number of hydrogen-bond donors (Lipinski definition) is 0. The van der Waals surface area contributed by atoms with E-state index in [0.717, 1.165) is 12.0 Å². The summed E-state index contributed by atoms with van der Waals surface area (Å²) in [5.41, 5.74) is 0.526. The van der Waals surface area contributed by atoms with Gasteiger partial charge in [0.1, 0.15) is 0 Å². The Kier molecular flexibility index (Phi) is 6.48. The van der Waals surface area contributed by atoms with E-state index in [1.165, 1.54) is 0 Å².